The highest BCUT2D eigenvalue weighted by Gasteiger charge is 2.67. The molecule has 5 atom stereocenters. The molecule has 0 radical (unpaired) electrons. The van der Waals surface area contributed by atoms with E-state index in [0.717, 1.165) is 31.8 Å². The predicted octanol–water partition coefficient (Wildman–Crippen LogP) is 5.08. The summed E-state index contributed by atoms with van der Waals surface area (Å²) in [5.41, 5.74) is 0.935. The van der Waals surface area contributed by atoms with Crippen molar-refractivity contribution in [2.24, 2.45) is 22.2 Å². The lowest BCUT2D eigenvalue weighted by atomic mass is 9.69. The normalized spacial score (nSPS) is 52.1. The van der Waals surface area contributed by atoms with E-state index in [1.54, 1.807) is 0 Å². The molecule has 4 aliphatic rings. The Bertz CT molecular complexity index is 470. The lowest BCUT2D eigenvalue weighted by molar-refractivity contribution is -0.286. The van der Waals surface area contributed by atoms with Crippen LogP contribution in [-0.2, 0) is 9.47 Å². The van der Waals surface area contributed by atoms with Gasteiger partial charge in [0, 0.05) is 11.8 Å². The first-order valence-electron chi connectivity index (χ1n) is 9.32. The van der Waals surface area contributed by atoms with Gasteiger partial charge in [-0.05, 0) is 61.7 Å². The molecule has 2 bridgehead atoms. The van der Waals surface area contributed by atoms with Gasteiger partial charge < -0.3 is 9.47 Å². The first-order chi connectivity index (χ1) is 10.4. The molecule has 0 N–H and O–H groups in total. The molecule has 2 heteroatoms. The van der Waals surface area contributed by atoms with Crippen LogP contribution >= 0.6 is 0 Å². The lowest BCUT2D eigenvalue weighted by Crippen LogP contribution is -2.49. The maximum atomic E-state index is 6.94. The van der Waals surface area contributed by atoms with Crippen LogP contribution in [0.15, 0.2) is 12.7 Å². The second-order valence-corrected chi connectivity index (χ2v) is 9.20. The van der Waals surface area contributed by atoms with Gasteiger partial charge in [-0.2, -0.15) is 0 Å². The van der Waals surface area contributed by atoms with E-state index in [1.165, 1.54) is 32.1 Å². The van der Waals surface area contributed by atoms with Crippen LogP contribution in [-0.4, -0.2) is 18.5 Å². The SMILES string of the molecule is C=CCC12CCCC1(OC1CC3CCC1(C)C3(C)C)OCC2. The van der Waals surface area contributed by atoms with Crippen LogP contribution in [0.5, 0.6) is 0 Å². The van der Waals surface area contributed by atoms with Crippen molar-refractivity contribution in [1.29, 1.82) is 0 Å². The Morgan fingerprint density at radius 3 is 2.64 bits per heavy atom. The molecule has 2 nitrogen and oxygen atoms in total. The van der Waals surface area contributed by atoms with Crippen molar-refractivity contribution in [2.75, 3.05) is 6.61 Å². The molecule has 1 saturated heterocycles. The molecule has 0 aromatic rings. The van der Waals surface area contributed by atoms with Crippen molar-refractivity contribution in [1.82, 2.24) is 0 Å². The van der Waals surface area contributed by atoms with Crippen LogP contribution in [0.25, 0.3) is 0 Å². The first kappa shape index (κ1) is 15.2. The summed E-state index contributed by atoms with van der Waals surface area (Å²) >= 11 is 0. The maximum Gasteiger partial charge on any atom is 0.174 e. The molecule has 1 aliphatic heterocycles. The predicted molar refractivity (Wildman–Crippen MR) is 88.5 cm³/mol. The summed E-state index contributed by atoms with van der Waals surface area (Å²) in [5.74, 6) is 0.519. The summed E-state index contributed by atoms with van der Waals surface area (Å²) in [6.45, 7) is 12.3. The van der Waals surface area contributed by atoms with Crippen molar-refractivity contribution in [3.05, 3.63) is 12.7 Å². The second kappa shape index (κ2) is 4.60. The van der Waals surface area contributed by atoms with Gasteiger partial charge in [-0.15, -0.1) is 6.58 Å². The van der Waals surface area contributed by atoms with Gasteiger partial charge in [0.1, 0.15) is 0 Å². The zero-order valence-electron chi connectivity index (χ0n) is 14.6. The van der Waals surface area contributed by atoms with Crippen molar-refractivity contribution in [3.63, 3.8) is 0 Å². The summed E-state index contributed by atoms with van der Waals surface area (Å²) in [7, 11) is 0. The molecule has 0 amide bonds. The first-order valence-corrected chi connectivity index (χ1v) is 9.32. The molecule has 22 heavy (non-hydrogen) atoms. The van der Waals surface area contributed by atoms with Crippen molar-refractivity contribution in [2.45, 2.75) is 84.0 Å². The molecule has 3 aliphatic carbocycles. The molecule has 124 valence electrons. The van der Waals surface area contributed by atoms with Gasteiger partial charge in [0.05, 0.1) is 12.7 Å². The van der Waals surface area contributed by atoms with Crippen molar-refractivity contribution in [3.8, 4) is 0 Å². The van der Waals surface area contributed by atoms with Gasteiger partial charge in [-0.3, -0.25) is 0 Å². The molecule has 4 rings (SSSR count). The van der Waals surface area contributed by atoms with E-state index in [1.807, 2.05) is 0 Å². The second-order valence-electron chi connectivity index (χ2n) is 9.20. The molecule has 1 heterocycles. The average Bonchev–Trinajstić information content (AvgIpc) is 3.06. The fraction of sp³-hybridized carbons (Fsp3) is 0.900. The molecule has 3 saturated carbocycles. The zero-order chi connectivity index (χ0) is 15.6. The molecule has 0 aromatic carbocycles. The maximum absolute atomic E-state index is 6.94. The summed E-state index contributed by atoms with van der Waals surface area (Å²) in [6, 6.07) is 0. The van der Waals surface area contributed by atoms with Crippen LogP contribution in [0, 0.1) is 22.2 Å². The lowest BCUT2D eigenvalue weighted by Gasteiger charge is -2.46. The molecule has 4 fully saturated rings. The molecular weight excluding hydrogens is 272 g/mol. The number of fused-ring (bicyclic) bond motifs is 3. The monoisotopic (exact) mass is 304 g/mol. The molecule has 0 spiro atoms. The van der Waals surface area contributed by atoms with E-state index >= 15 is 0 Å². The highest BCUT2D eigenvalue weighted by Crippen LogP contribution is 2.68. The minimum Gasteiger partial charge on any atom is -0.349 e. The number of hydrogen-bond acceptors (Lipinski definition) is 2. The molecule has 0 aromatic heterocycles. The van der Waals surface area contributed by atoms with E-state index in [9.17, 15) is 0 Å². The minimum absolute atomic E-state index is 0.205. The minimum atomic E-state index is -0.310. The summed E-state index contributed by atoms with van der Waals surface area (Å²) in [5, 5.41) is 0. The van der Waals surface area contributed by atoms with Crippen molar-refractivity contribution < 1.29 is 9.47 Å². The Kier molecular flexibility index (Phi) is 3.18. The van der Waals surface area contributed by atoms with Gasteiger partial charge in [0.2, 0.25) is 0 Å². The number of hydrogen-bond donors (Lipinski definition) is 0. The Morgan fingerprint density at radius 2 is 2.00 bits per heavy atom. The summed E-state index contributed by atoms with van der Waals surface area (Å²) in [6.07, 6.45) is 12.2. The zero-order valence-corrected chi connectivity index (χ0v) is 14.6. The molecule has 5 unspecified atom stereocenters. The van der Waals surface area contributed by atoms with Gasteiger partial charge >= 0.3 is 0 Å². The Balaban J connectivity index is 1.62. The fourth-order valence-corrected chi connectivity index (χ4v) is 6.46. The smallest absolute Gasteiger partial charge is 0.174 e. The number of allylic oxidation sites excluding steroid dienone is 1. The average molecular weight is 304 g/mol. The quantitative estimate of drug-likeness (QED) is 0.674. The van der Waals surface area contributed by atoms with Gasteiger partial charge in [0.15, 0.2) is 5.79 Å². The van der Waals surface area contributed by atoms with Crippen LogP contribution in [0.1, 0.15) is 72.1 Å². The third kappa shape index (κ3) is 1.64. The topological polar surface area (TPSA) is 18.5 Å². The van der Waals surface area contributed by atoms with Gasteiger partial charge in [-0.1, -0.05) is 26.8 Å². The largest absolute Gasteiger partial charge is 0.349 e. The fourth-order valence-electron chi connectivity index (χ4n) is 6.46. The van der Waals surface area contributed by atoms with Crippen molar-refractivity contribution >= 4 is 0 Å². The highest BCUT2D eigenvalue weighted by atomic mass is 16.7. The number of rotatable bonds is 4. The standard InChI is InChI=1S/C20H32O2/c1-5-8-19-9-6-10-20(19,21-13-12-19)22-16-14-15-7-11-18(16,4)17(15,2)3/h5,15-16H,1,6-14H2,2-4H3. The Morgan fingerprint density at radius 1 is 1.18 bits per heavy atom. The van der Waals surface area contributed by atoms with Gasteiger partial charge in [-0.25, -0.2) is 0 Å². The van der Waals surface area contributed by atoms with Crippen LogP contribution in [0.2, 0.25) is 0 Å². The summed E-state index contributed by atoms with van der Waals surface area (Å²) < 4.78 is 13.3. The van der Waals surface area contributed by atoms with Crippen LogP contribution in [0.4, 0.5) is 0 Å². The summed E-state index contributed by atoms with van der Waals surface area (Å²) in [4.78, 5) is 0. The van der Waals surface area contributed by atoms with Crippen LogP contribution < -0.4 is 0 Å². The Labute approximate surface area is 135 Å². The van der Waals surface area contributed by atoms with E-state index in [-0.39, 0.29) is 11.2 Å². The van der Waals surface area contributed by atoms with Gasteiger partial charge in [0.25, 0.3) is 0 Å². The number of ether oxygens (including phenoxy) is 2. The van der Waals surface area contributed by atoms with E-state index in [2.05, 4.69) is 33.4 Å². The van der Waals surface area contributed by atoms with Crippen LogP contribution in [0.3, 0.4) is 0 Å². The highest BCUT2D eigenvalue weighted by molar-refractivity contribution is 5.13. The van der Waals surface area contributed by atoms with E-state index in [4.69, 9.17) is 9.47 Å². The third-order valence-corrected chi connectivity index (χ3v) is 8.47. The van der Waals surface area contributed by atoms with E-state index in [0.29, 0.717) is 16.9 Å². The Hall–Kier alpha value is -0.340. The third-order valence-electron chi connectivity index (χ3n) is 8.47. The molecular formula is C20H32O2. The van der Waals surface area contributed by atoms with E-state index < -0.39 is 0 Å².